The average Bonchev–Trinajstić information content (AvgIpc) is 3.17. The quantitative estimate of drug-likeness (QED) is 0.164. The van der Waals surface area contributed by atoms with Crippen LogP contribution in [0.25, 0.3) is 32.9 Å². The lowest BCUT2D eigenvalue weighted by Gasteiger charge is -2.28. The van der Waals surface area contributed by atoms with Gasteiger partial charge in [0, 0.05) is 10.8 Å². The first-order valence-electron chi connectivity index (χ1n) is 16.1. The van der Waals surface area contributed by atoms with Crippen LogP contribution in [0, 0.1) is 0 Å². The van der Waals surface area contributed by atoms with Crippen LogP contribution in [-0.4, -0.2) is 22.6 Å². The zero-order chi connectivity index (χ0) is 32.6. The Morgan fingerprint density at radius 1 is 0.333 bits per heavy atom. The number of hydrogen-bond donors (Lipinski definition) is 0. The minimum Gasteiger partial charge on any atom is -0.245 e. The summed E-state index contributed by atoms with van der Waals surface area (Å²) in [7, 11) is 0. The molecule has 0 unspecified atom stereocenters. The molecule has 0 amide bonds. The van der Waals surface area contributed by atoms with Gasteiger partial charge in [-0.1, -0.05) is 182 Å². The molecule has 0 saturated heterocycles. The highest BCUT2D eigenvalue weighted by Gasteiger charge is 2.28. The first-order chi connectivity index (χ1) is 23.6. The minimum atomic E-state index is -2.37. The van der Waals surface area contributed by atoms with Gasteiger partial charge in [0.15, 0.2) is 0 Å². The molecule has 0 aliphatic carbocycles. The van der Waals surface area contributed by atoms with E-state index in [4.69, 9.17) is 22.6 Å². The van der Waals surface area contributed by atoms with Gasteiger partial charge in [0.25, 0.3) is 0 Å². The summed E-state index contributed by atoms with van der Waals surface area (Å²) in [5, 5.41) is 9.12. The number of nitrogens with zero attached hydrogens (tertiary/aromatic N) is 2. The van der Waals surface area contributed by atoms with Crippen LogP contribution in [0.15, 0.2) is 182 Å². The van der Waals surface area contributed by atoms with E-state index in [1.165, 1.54) is 21.2 Å². The van der Waals surface area contributed by atoms with E-state index >= 15 is 0 Å². The van der Waals surface area contributed by atoms with E-state index in [1.54, 1.807) is 0 Å². The lowest BCUT2D eigenvalue weighted by molar-refractivity contribution is 1.34. The summed E-state index contributed by atoms with van der Waals surface area (Å²) in [5.74, 6) is 0. The smallest absolute Gasteiger partial charge is 0.0979 e. The van der Waals surface area contributed by atoms with E-state index < -0.39 is 13.8 Å². The van der Waals surface area contributed by atoms with Crippen molar-refractivity contribution >= 4 is 80.0 Å². The Morgan fingerprint density at radius 2 is 0.604 bits per heavy atom. The molecule has 2 nitrogen and oxygen atoms in total. The van der Waals surface area contributed by atoms with Gasteiger partial charge in [-0.15, -0.1) is 0 Å². The molecule has 0 atom stereocenters. The van der Waals surface area contributed by atoms with Crippen LogP contribution in [0.3, 0.4) is 0 Å². The number of aromatic nitrogens is 2. The minimum absolute atomic E-state index is 0.869. The van der Waals surface area contributed by atoms with E-state index in [1.807, 2.05) is 0 Å². The lowest BCUT2D eigenvalue weighted by atomic mass is 10.0. The Morgan fingerprint density at radius 3 is 0.917 bits per heavy atom. The molecule has 2 heterocycles. The van der Waals surface area contributed by atoms with Crippen molar-refractivity contribution in [2.45, 2.75) is 0 Å². The van der Waals surface area contributed by atoms with Crippen molar-refractivity contribution in [1.82, 2.24) is 9.97 Å². The summed E-state index contributed by atoms with van der Waals surface area (Å²) in [6.07, 6.45) is 10.1. The Kier molecular flexibility index (Phi) is 7.78. The van der Waals surface area contributed by atoms with Gasteiger partial charge in [0.1, 0.15) is 0 Å². The SMILES string of the molecule is C=P(c1ccccc1)(c1ccccc1)c1cc2ccccc2c(-c2nc(P(=C)(c3ccccc3)c3ccccc3)cc3ccccc23)n1. The third-order valence-electron chi connectivity index (χ3n) is 9.25. The molecule has 0 fully saturated rings. The molecule has 8 aromatic rings. The Bertz CT molecular complexity index is 2230. The van der Waals surface area contributed by atoms with Gasteiger partial charge in [-0.3, -0.25) is 0 Å². The predicted octanol–water partition coefficient (Wildman–Crippen LogP) is 7.90. The summed E-state index contributed by atoms with van der Waals surface area (Å²) in [6.45, 7) is -4.75. The van der Waals surface area contributed by atoms with Crippen molar-refractivity contribution < 1.29 is 0 Å². The molecule has 0 radical (unpaired) electrons. The Labute approximate surface area is 282 Å². The van der Waals surface area contributed by atoms with Crippen molar-refractivity contribution in [1.29, 1.82) is 0 Å². The third kappa shape index (κ3) is 5.06. The number of rotatable bonds is 7. The summed E-state index contributed by atoms with van der Waals surface area (Å²) in [5.41, 5.74) is 3.70. The van der Waals surface area contributed by atoms with Crippen molar-refractivity contribution in [3.63, 3.8) is 0 Å². The van der Waals surface area contributed by atoms with Crippen molar-refractivity contribution in [2.75, 3.05) is 0 Å². The lowest BCUT2D eigenvalue weighted by Crippen LogP contribution is -2.29. The second-order valence-corrected chi connectivity index (χ2v) is 18.3. The fourth-order valence-electron chi connectivity index (χ4n) is 6.68. The van der Waals surface area contributed by atoms with Gasteiger partial charge in [0.05, 0.1) is 22.3 Å². The van der Waals surface area contributed by atoms with Crippen LogP contribution >= 0.6 is 13.8 Å². The molecular weight excluding hydrogens is 618 g/mol. The van der Waals surface area contributed by atoms with Gasteiger partial charge >= 0.3 is 0 Å². The van der Waals surface area contributed by atoms with Crippen LogP contribution in [-0.2, 0) is 0 Å². The number of hydrogen-bond acceptors (Lipinski definition) is 2. The predicted molar refractivity (Wildman–Crippen MR) is 214 cm³/mol. The van der Waals surface area contributed by atoms with Crippen LogP contribution in [0.2, 0.25) is 0 Å². The average molecular weight is 653 g/mol. The number of pyridine rings is 2. The molecule has 0 saturated carbocycles. The van der Waals surface area contributed by atoms with Gasteiger partial charge in [-0.05, 0) is 57.9 Å². The monoisotopic (exact) mass is 652 g/mol. The van der Waals surface area contributed by atoms with Crippen molar-refractivity contribution in [2.24, 2.45) is 0 Å². The van der Waals surface area contributed by atoms with Crippen LogP contribution in [0.4, 0.5) is 0 Å². The van der Waals surface area contributed by atoms with Crippen molar-refractivity contribution in [3.05, 3.63) is 182 Å². The van der Waals surface area contributed by atoms with E-state index in [9.17, 15) is 0 Å². The van der Waals surface area contributed by atoms with Crippen molar-refractivity contribution in [3.8, 4) is 11.4 Å². The Hall–Kier alpha value is -5.26. The Balaban J connectivity index is 1.47. The third-order valence-corrected chi connectivity index (χ3v) is 16.0. The molecule has 0 N–H and O–H groups in total. The van der Waals surface area contributed by atoms with Gasteiger partial charge in [-0.25, -0.2) is 9.97 Å². The molecular formula is C44H34N2P2. The topological polar surface area (TPSA) is 25.8 Å². The maximum absolute atomic E-state index is 5.63. The summed E-state index contributed by atoms with van der Waals surface area (Å²) in [6, 6.07) is 64.2. The normalized spacial score (nSPS) is 11.9. The summed E-state index contributed by atoms with van der Waals surface area (Å²) in [4.78, 5) is 11.3. The van der Waals surface area contributed by atoms with Gasteiger partial charge < -0.3 is 0 Å². The van der Waals surface area contributed by atoms with E-state index in [-0.39, 0.29) is 0 Å². The second-order valence-electron chi connectivity index (χ2n) is 12.1. The largest absolute Gasteiger partial charge is 0.245 e. The van der Waals surface area contributed by atoms with Crippen LogP contribution in [0.1, 0.15) is 0 Å². The van der Waals surface area contributed by atoms with Gasteiger partial charge in [-0.2, -0.15) is 0 Å². The molecule has 8 rings (SSSR count). The molecule has 0 aliphatic rings. The number of benzene rings is 6. The van der Waals surface area contributed by atoms with E-state index in [2.05, 4.69) is 182 Å². The first-order valence-corrected chi connectivity index (χ1v) is 20.0. The standard InChI is InChI=1S/C44H34N2P2/c1-47(35-21-7-3-8-22-35,36-23-9-4-10-24-36)41-31-33-19-15-17-29-39(33)43(45-41)44-40-30-18-16-20-34(40)32-42(46-44)48(2,37-25-11-5-12-26-37)38-27-13-6-14-28-38/h3-32H,1-2H2. The summed E-state index contributed by atoms with van der Waals surface area (Å²) >= 11 is 0. The van der Waals surface area contributed by atoms with E-state index in [0.717, 1.165) is 43.8 Å². The zero-order valence-corrected chi connectivity index (χ0v) is 28.3. The highest BCUT2D eigenvalue weighted by atomic mass is 31.2. The molecule has 4 heteroatoms. The molecule has 0 bridgehead atoms. The maximum Gasteiger partial charge on any atom is 0.0979 e. The second kappa shape index (κ2) is 12.4. The maximum atomic E-state index is 5.63. The highest BCUT2D eigenvalue weighted by Crippen LogP contribution is 2.45. The van der Waals surface area contributed by atoms with Crippen LogP contribution in [0.5, 0.6) is 0 Å². The molecule has 2 aromatic heterocycles. The van der Waals surface area contributed by atoms with Crippen LogP contribution < -0.4 is 32.1 Å². The molecule has 48 heavy (non-hydrogen) atoms. The van der Waals surface area contributed by atoms with E-state index in [0.29, 0.717) is 0 Å². The molecule has 0 aliphatic heterocycles. The number of fused-ring (bicyclic) bond motifs is 2. The zero-order valence-electron chi connectivity index (χ0n) is 26.5. The summed E-state index contributed by atoms with van der Waals surface area (Å²) < 4.78 is 0. The first kappa shape index (κ1) is 30.1. The fourth-order valence-corrected chi connectivity index (χ4v) is 12.3. The highest BCUT2D eigenvalue weighted by molar-refractivity contribution is 7.93. The van der Waals surface area contributed by atoms with Gasteiger partial charge in [0.2, 0.25) is 0 Å². The molecule has 230 valence electrons. The molecule has 6 aromatic carbocycles. The molecule has 0 spiro atoms. The fraction of sp³-hybridized carbons (Fsp3) is 0.